The highest BCUT2D eigenvalue weighted by molar-refractivity contribution is 7.80. The van der Waals surface area contributed by atoms with Crippen molar-refractivity contribution in [3.8, 4) is 5.69 Å². The summed E-state index contributed by atoms with van der Waals surface area (Å²) in [6.45, 7) is 0. The first-order valence-electron chi connectivity index (χ1n) is 9.72. The smallest absolute Gasteiger partial charge is 0.174 e. The fourth-order valence-electron chi connectivity index (χ4n) is 4.02. The summed E-state index contributed by atoms with van der Waals surface area (Å²) in [6, 6.07) is 26.2. The number of hydrogen-bond donors (Lipinski definition) is 1. The van der Waals surface area contributed by atoms with Crippen LogP contribution in [0.2, 0.25) is 0 Å². The first-order valence-corrected chi connectivity index (χ1v) is 10.1. The maximum atomic E-state index is 14.6. The van der Waals surface area contributed by atoms with Gasteiger partial charge in [0.1, 0.15) is 11.9 Å². The Labute approximate surface area is 179 Å². The van der Waals surface area contributed by atoms with Crippen molar-refractivity contribution in [1.29, 1.82) is 0 Å². The molecule has 1 aliphatic heterocycles. The van der Waals surface area contributed by atoms with Crippen molar-refractivity contribution in [2.75, 3.05) is 4.90 Å². The van der Waals surface area contributed by atoms with E-state index >= 15 is 0 Å². The molecule has 0 aliphatic carbocycles. The van der Waals surface area contributed by atoms with Gasteiger partial charge in [0.05, 0.1) is 17.4 Å². The lowest BCUT2D eigenvalue weighted by Crippen LogP contribution is -2.30. The van der Waals surface area contributed by atoms with E-state index in [0.717, 1.165) is 17.1 Å². The zero-order chi connectivity index (χ0) is 20.5. The van der Waals surface area contributed by atoms with Crippen LogP contribution in [0.1, 0.15) is 23.5 Å². The predicted octanol–water partition coefficient (Wildman–Crippen LogP) is 5.19. The molecular formula is C24H19FN4S. The molecule has 0 spiro atoms. The molecule has 0 bridgehead atoms. The average molecular weight is 415 g/mol. The molecule has 6 heteroatoms. The van der Waals surface area contributed by atoms with Crippen LogP contribution in [0, 0.1) is 5.82 Å². The van der Waals surface area contributed by atoms with Crippen molar-refractivity contribution in [2.45, 2.75) is 12.1 Å². The third-order valence-electron chi connectivity index (χ3n) is 5.33. The molecule has 1 aliphatic rings. The van der Waals surface area contributed by atoms with Gasteiger partial charge in [0.15, 0.2) is 5.11 Å². The number of aromatic nitrogens is 2. The van der Waals surface area contributed by atoms with E-state index < -0.39 is 0 Å². The van der Waals surface area contributed by atoms with Crippen molar-refractivity contribution >= 4 is 23.0 Å². The Kier molecular flexibility index (Phi) is 4.77. The molecule has 4 aromatic rings. The van der Waals surface area contributed by atoms with Crippen molar-refractivity contribution in [3.63, 3.8) is 0 Å². The normalized spacial score (nSPS) is 18.4. The standard InChI is InChI=1S/C24H19FN4S/c25-18-11-4-5-13-20(18)28-16-8-14-21(28)23-22(19-12-6-7-15-26-19)27-24(30)29(23)17-9-2-1-3-10-17/h1-16,22-23H,(H,27,30)/t22-,23-/m0/s1. The fourth-order valence-corrected chi connectivity index (χ4v) is 4.37. The van der Waals surface area contributed by atoms with E-state index in [1.807, 2.05) is 77.5 Å². The van der Waals surface area contributed by atoms with Crippen LogP contribution in [-0.2, 0) is 0 Å². The van der Waals surface area contributed by atoms with Gasteiger partial charge in [-0.3, -0.25) is 4.98 Å². The Hall–Kier alpha value is -3.51. The highest BCUT2D eigenvalue weighted by atomic mass is 32.1. The van der Waals surface area contributed by atoms with Crippen LogP contribution in [0.5, 0.6) is 0 Å². The molecule has 0 amide bonds. The number of nitrogens with one attached hydrogen (secondary N) is 1. The van der Waals surface area contributed by atoms with E-state index in [4.69, 9.17) is 12.2 Å². The highest BCUT2D eigenvalue weighted by Crippen LogP contribution is 2.42. The molecule has 1 N–H and O–H groups in total. The van der Waals surface area contributed by atoms with E-state index in [2.05, 4.69) is 15.2 Å². The number of nitrogens with zero attached hydrogens (tertiary/aromatic N) is 3. The molecule has 1 fully saturated rings. The number of hydrogen-bond acceptors (Lipinski definition) is 2. The molecule has 4 nitrogen and oxygen atoms in total. The third kappa shape index (κ3) is 3.15. The SMILES string of the molecule is Fc1ccccc1-n1cccc1[C@H]1[C@H](c2ccccn2)NC(=S)N1c1ccccc1. The Bertz CT molecular complexity index is 1180. The zero-order valence-corrected chi connectivity index (χ0v) is 16.8. The van der Waals surface area contributed by atoms with E-state index in [1.54, 1.807) is 18.3 Å². The molecular weight excluding hydrogens is 395 g/mol. The highest BCUT2D eigenvalue weighted by Gasteiger charge is 2.42. The van der Waals surface area contributed by atoms with Gasteiger partial charge in [-0.15, -0.1) is 0 Å². The van der Waals surface area contributed by atoms with Gasteiger partial charge >= 0.3 is 0 Å². The second-order valence-corrected chi connectivity index (χ2v) is 7.47. The van der Waals surface area contributed by atoms with Gasteiger partial charge in [-0.05, 0) is 60.7 Å². The van der Waals surface area contributed by atoms with Crippen molar-refractivity contribution in [1.82, 2.24) is 14.9 Å². The van der Waals surface area contributed by atoms with Crippen LogP contribution in [0.3, 0.4) is 0 Å². The molecule has 5 rings (SSSR count). The monoisotopic (exact) mass is 414 g/mol. The van der Waals surface area contributed by atoms with Gasteiger partial charge in [-0.2, -0.15) is 0 Å². The molecule has 0 saturated carbocycles. The van der Waals surface area contributed by atoms with Gasteiger partial charge in [0.2, 0.25) is 0 Å². The van der Waals surface area contributed by atoms with E-state index in [0.29, 0.717) is 10.8 Å². The summed E-state index contributed by atoms with van der Waals surface area (Å²) in [4.78, 5) is 6.66. The van der Waals surface area contributed by atoms with E-state index in [9.17, 15) is 4.39 Å². The Morgan fingerprint density at radius 1 is 0.867 bits per heavy atom. The first-order chi connectivity index (χ1) is 14.7. The number of anilines is 1. The van der Waals surface area contributed by atoms with Crippen LogP contribution in [0.25, 0.3) is 5.69 Å². The van der Waals surface area contributed by atoms with Crippen LogP contribution in [0.4, 0.5) is 10.1 Å². The first kappa shape index (κ1) is 18.5. The quantitative estimate of drug-likeness (QED) is 0.466. The lowest BCUT2D eigenvalue weighted by molar-refractivity contribution is 0.544. The molecule has 3 heterocycles. The number of thiocarbonyl (C=S) groups is 1. The molecule has 0 unspecified atom stereocenters. The van der Waals surface area contributed by atoms with Crippen LogP contribution in [-0.4, -0.2) is 14.7 Å². The molecule has 2 aromatic carbocycles. The van der Waals surface area contributed by atoms with Gasteiger partial charge < -0.3 is 14.8 Å². The lowest BCUT2D eigenvalue weighted by atomic mass is 10.0. The molecule has 2 atom stereocenters. The minimum absolute atomic E-state index is 0.181. The lowest BCUT2D eigenvalue weighted by Gasteiger charge is -2.29. The van der Waals surface area contributed by atoms with Crippen molar-refractivity contribution in [3.05, 3.63) is 115 Å². The maximum absolute atomic E-state index is 14.6. The Balaban J connectivity index is 1.69. The van der Waals surface area contributed by atoms with Gasteiger partial charge in [-0.1, -0.05) is 36.4 Å². The van der Waals surface area contributed by atoms with Crippen molar-refractivity contribution in [2.24, 2.45) is 0 Å². The summed E-state index contributed by atoms with van der Waals surface area (Å²) in [5, 5.41) is 4.05. The Morgan fingerprint density at radius 2 is 1.63 bits per heavy atom. The summed E-state index contributed by atoms with van der Waals surface area (Å²) in [6.07, 6.45) is 3.66. The van der Waals surface area contributed by atoms with Crippen molar-refractivity contribution < 1.29 is 4.39 Å². The van der Waals surface area contributed by atoms with E-state index in [1.165, 1.54) is 6.07 Å². The van der Waals surface area contributed by atoms with Gasteiger partial charge in [-0.25, -0.2) is 4.39 Å². The Morgan fingerprint density at radius 3 is 2.40 bits per heavy atom. The molecule has 0 radical (unpaired) electrons. The number of para-hydroxylation sites is 2. The van der Waals surface area contributed by atoms with Crippen LogP contribution in [0.15, 0.2) is 97.3 Å². The summed E-state index contributed by atoms with van der Waals surface area (Å²) in [7, 11) is 0. The van der Waals surface area contributed by atoms with Crippen LogP contribution < -0.4 is 10.2 Å². The topological polar surface area (TPSA) is 33.1 Å². The third-order valence-corrected chi connectivity index (χ3v) is 5.64. The van der Waals surface area contributed by atoms with Gasteiger partial charge in [0, 0.05) is 23.8 Å². The average Bonchev–Trinajstić information content (AvgIpc) is 3.39. The molecule has 2 aromatic heterocycles. The zero-order valence-electron chi connectivity index (χ0n) is 16.0. The molecule has 30 heavy (non-hydrogen) atoms. The number of benzene rings is 2. The summed E-state index contributed by atoms with van der Waals surface area (Å²) in [5.74, 6) is -0.274. The summed E-state index contributed by atoms with van der Waals surface area (Å²) >= 11 is 5.74. The second-order valence-electron chi connectivity index (χ2n) is 7.09. The number of pyridine rings is 1. The maximum Gasteiger partial charge on any atom is 0.174 e. The molecule has 1 saturated heterocycles. The number of rotatable bonds is 4. The van der Waals surface area contributed by atoms with Crippen LogP contribution >= 0.6 is 12.2 Å². The molecule has 148 valence electrons. The largest absolute Gasteiger partial charge is 0.351 e. The second kappa shape index (κ2) is 7.72. The summed E-state index contributed by atoms with van der Waals surface area (Å²) < 4.78 is 16.5. The fraction of sp³-hybridized carbons (Fsp3) is 0.0833. The van der Waals surface area contributed by atoms with Gasteiger partial charge in [0.25, 0.3) is 0 Å². The van der Waals surface area contributed by atoms with E-state index in [-0.39, 0.29) is 17.9 Å². The minimum Gasteiger partial charge on any atom is -0.351 e. The summed E-state index contributed by atoms with van der Waals surface area (Å²) in [5.41, 5.74) is 3.28. The predicted molar refractivity (Wildman–Crippen MR) is 120 cm³/mol. The minimum atomic E-state index is -0.274. The number of halogens is 1.